The van der Waals surface area contributed by atoms with Crippen molar-refractivity contribution in [3.63, 3.8) is 0 Å². The summed E-state index contributed by atoms with van der Waals surface area (Å²) in [6.07, 6.45) is 4.34. The molecule has 0 saturated heterocycles. The summed E-state index contributed by atoms with van der Waals surface area (Å²) in [5.74, 6) is 2.55. The van der Waals surface area contributed by atoms with Crippen LogP contribution in [0.5, 0.6) is 0 Å². The molecular weight excluding hydrogens is 230 g/mol. The van der Waals surface area contributed by atoms with E-state index >= 15 is 0 Å². The van der Waals surface area contributed by atoms with Gasteiger partial charge in [-0.05, 0) is 38.0 Å². The number of rotatable bonds is 4. The third-order valence-corrected chi connectivity index (χ3v) is 3.86. The van der Waals surface area contributed by atoms with E-state index in [0.717, 1.165) is 18.2 Å². The minimum absolute atomic E-state index is 0.612. The van der Waals surface area contributed by atoms with Crippen molar-refractivity contribution < 1.29 is 0 Å². The lowest BCUT2D eigenvalue weighted by Crippen LogP contribution is -2.02. The summed E-state index contributed by atoms with van der Waals surface area (Å²) in [4.78, 5) is 11.5. The summed E-state index contributed by atoms with van der Waals surface area (Å²) in [7, 11) is 0. The van der Waals surface area contributed by atoms with Crippen LogP contribution in [0.15, 0.2) is 24.4 Å². The molecule has 3 nitrogen and oxygen atoms in total. The molecule has 2 aromatic heterocycles. The Morgan fingerprint density at radius 3 is 2.94 bits per heavy atom. The molecule has 1 N–H and O–H groups in total. The van der Waals surface area contributed by atoms with Crippen molar-refractivity contribution in [1.29, 1.82) is 0 Å². The highest BCUT2D eigenvalue weighted by Crippen LogP contribution is 2.38. The van der Waals surface area contributed by atoms with Crippen LogP contribution in [0.2, 0.25) is 0 Å². The smallest absolute Gasteiger partial charge is 0.133 e. The molecule has 0 radical (unpaired) electrons. The fourth-order valence-electron chi connectivity index (χ4n) is 1.77. The first-order valence-corrected chi connectivity index (χ1v) is 6.75. The number of aromatic nitrogens is 2. The number of hydrogen-bond donors (Lipinski definition) is 1. The highest BCUT2D eigenvalue weighted by atomic mass is 32.1. The molecule has 0 aliphatic heterocycles. The zero-order valence-corrected chi connectivity index (χ0v) is 10.6. The number of aryl methyl sites for hydroxylation is 1. The molecule has 17 heavy (non-hydrogen) atoms. The first kappa shape index (κ1) is 10.7. The largest absolute Gasteiger partial charge is 0.365 e. The lowest BCUT2D eigenvalue weighted by atomic mass is 10.4. The lowest BCUT2D eigenvalue weighted by Gasteiger charge is -2.05. The van der Waals surface area contributed by atoms with Crippen LogP contribution in [-0.2, 0) is 6.54 Å². The molecule has 1 saturated carbocycles. The van der Waals surface area contributed by atoms with Gasteiger partial charge in [0.15, 0.2) is 0 Å². The summed E-state index contributed by atoms with van der Waals surface area (Å²) < 4.78 is 0. The van der Waals surface area contributed by atoms with E-state index in [1.807, 2.05) is 23.6 Å². The number of hydrogen-bond acceptors (Lipinski definition) is 4. The van der Waals surface area contributed by atoms with Crippen LogP contribution in [0.3, 0.4) is 0 Å². The first-order chi connectivity index (χ1) is 8.31. The molecule has 3 rings (SSSR count). The summed E-state index contributed by atoms with van der Waals surface area (Å²) >= 11 is 1.82. The molecule has 0 amide bonds. The van der Waals surface area contributed by atoms with Gasteiger partial charge in [-0.25, -0.2) is 9.97 Å². The Kier molecular flexibility index (Phi) is 2.81. The predicted octanol–water partition coefficient (Wildman–Crippen LogP) is 3.34. The quantitative estimate of drug-likeness (QED) is 0.897. The fraction of sp³-hybridized carbons (Fsp3) is 0.385. The molecule has 1 aliphatic carbocycles. The van der Waals surface area contributed by atoms with Crippen LogP contribution >= 0.6 is 11.3 Å². The second-order valence-corrected chi connectivity index (χ2v) is 5.81. The summed E-state index contributed by atoms with van der Waals surface area (Å²) in [5, 5.41) is 3.36. The molecule has 4 heteroatoms. The molecule has 0 atom stereocenters. The van der Waals surface area contributed by atoms with Gasteiger partial charge in [0.25, 0.3) is 0 Å². The van der Waals surface area contributed by atoms with Crippen molar-refractivity contribution in [1.82, 2.24) is 9.97 Å². The normalized spacial score (nSPS) is 14.9. The average Bonchev–Trinajstić information content (AvgIpc) is 3.11. The van der Waals surface area contributed by atoms with Crippen LogP contribution in [0.1, 0.15) is 34.3 Å². The first-order valence-electron chi connectivity index (χ1n) is 5.93. The molecule has 88 valence electrons. The van der Waals surface area contributed by atoms with Gasteiger partial charge in [-0.15, -0.1) is 11.3 Å². The Morgan fingerprint density at radius 1 is 1.35 bits per heavy atom. The van der Waals surface area contributed by atoms with E-state index in [4.69, 9.17) is 0 Å². The van der Waals surface area contributed by atoms with Gasteiger partial charge in [-0.3, -0.25) is 0 Å². The van der Waals surface area contributed by atoms with Gasteiger partial charge in [-0.2, -0.15) is 0 Å². The molecule has 0 spiro atoms. The van der Waals surface area contributed by atoms with Gasteiger partial charge in [0.2, 0.25) is 0 Å². The maximum Gasteiger partial charge on any atom is 0.133 e. The Balaban J connectivity index is 1.66. The lowest BCUT2D eigenvalue weighted by molar-refractivity contribution is 0.922. The van der Waals surface area contributed by atoms with Crippen LogP contribution in [0.4, 0.5) is 5.82 Å². The molecule has 0 unspecified atom stereocenters. The highest BCUT2D eigenvalue weighted by Gasteiger charge is 2.26. The Hall–Kier alpha value is -1.42. The maximum absolute atomic E-state index is 4.54. The topological polar surface area (TPSA) is 37.8 Å². The van der Waals surface area contributed by atoms with E-state index in [-0.39, 0.29) is 0 Å². The van der Waals surface area contributed by atoms with Crippen molar-refractivity contribution in [3.05, 3.63) is 40.0 Å². The zero-order chi connectivity index (χ0) is 11.7. The van der Waals surface area contributed by atoms with Crippen LogP contribution in [0, 0.1) is 6.92 Å². The van der Waals surface area contributed by atoms with Crippen LogP contribution in [0.25, 0.3) is 0 Å². The Labute approximate surface area is 105 Å². The maximum atomic E-state index is 4.54. The molecule has 0 aromatic carbocycles. The number of thiophene rings is 1. The van der Waals surface area contributed by atoms with Gasteiger partial charge in [0.1, 0.15) is 11.6 Å². The van der Waals surface area contributed by atoms with Crippen LogP contribution in [-0.4, -0.2) is 9.97 Å². The molecule has 2 aromatic rings. The average molecular weight is 245 g/mol. The van der Waals surface area contributed by atoms with Gasteiger partial charge >= 0.3 is 0 Å². The highest BCUT2D eigenvalue weighted by molar-refractivity contribution is 7.11. The number of anilines is 1. The Bertz CT molecular complexity index is 517. The molecular formula is C13H15N3S. The van der Waals surface area contributed by atoms with Gasteiger partial charge < -0.3 is 5.32 Å². The molecule has 1 fully saturated rings. The van der Waals surface area contributed by atoms with Crippen LogP contribution < -0.4 is 5.32 Å². The molecule has 1 aliphatic rings. The number of nitrogens with one attached hydrogen (secondary N) is 1. The van der Waals surface area contributed by atoms with E-state index in [9.17, 15) is 0 Å². The minimum atomic E-state index is 0.612. The van der Waals surface area contributed by atoms with Crippen molar-refractivity contribution in [2.45, 2.75) is 32.2 Å². The predicted molar refractivity (Wildman–Crippen MR) is 70.4 cm³/mol. The second kappa shape index (κ2) is 4.45. The van der Waals surface area contributed by atoms with E-state index in [1.54, 1.807) is 0 Å². The van der Waals surface area contributed by atoms with Gasteiger partial charge in [-0.1, -0.05) is 0 Å². The van der Waals surface area contributed by atoms with Crippen molar-refractivity contribution in [3.8, 4) is 0 Å². The van der Waals surface area contributed by atoms with Gasteiger partial charge in [0, 0.05) is 21.9 Å². The minimum Gasteiger partial charge on any atom is -0.365 e. The fourth-order valence-corrected chi connectivity index (χ4v) is 2.60. The van der Waals surface area contributed by atoms with E-state index < -0.39 is 0 Å². The monoisotopic (exact) mass is 245 g/mol. The van der Waals surface area contributed by atoms with E-state index in [2.05, 4.69) is 34.3 Å². The summed E-state index contributed by atoms with van der Waals surface area (Å²) in [6.45, 7) is 2.98. The SMILES string of the molecule is Cc1ccc(CNc2ccnc(C3CC3)n2)s1. The third kappa shape index (κ3) is 2.64. The van der Waals surface area contributed by atoms with Crippen molar-refractivity contribution in [2.75, 3.05) is 5.32 Å². The van der Waals surface area contributed by atoms with Crippen molar-refractivity contribution >= 4 is 17.2 Å². The molecule has 0 bridgehead atoms. The summed E-state index contributed by atoms with van der Waals surface area (Å²) in [5.41, 5.74) is 0. The Morgan fingerprint density at radius 2 is 2.24 bits per heavy atom. The zero-order valence-electron chi connectivity index (χ0n) is 9.81. The second-order valence-electron chi connectivity index (χ2n) is 4.44. The van der Waals surface area contributed by atoms with Crippen molar-refractivity contribution in [2.24, 2.45) is 0 Å². The standard InChI is InChI=1S/C13H15N3S/c1-9-2-5-11(17-9)8-15-12-6-7-14-13(16-12)10-3-4-10/h2,5-7,10H,3-4,8H2,1H3,(H,14,15,16). The van der Waals surface area contributed by atoms with E-state index in [0.29, 0.717) is 5.92 Å². The molecule has 2 heterocycles. The summed E-state index contributed by atoms with van der Waals surface area (Å²) in [6, 6.07) is 6.25. The van der Waals surface area contributed by atoms with Gasteiger partial charge in [0.05, 0.1) is 6.54 Å². The van der Waals surface area contributed by atoms with E-state index in [1.165, 1.54) is 22.6 Å². The third-order valence-electron chi connectivity index (χ3n) is 2.86. The number of nitrogens with zero attached hydrogens (tertiary/aromatic N) is 2.